The Morgan fingerprint density at radius 1 is 1.28 bits per heavy atom. The molecule has 150 valence electrons. The molecule has 0 saturated heterocycles. The number of hydrogen-bond donors (Lipinski definition) is 2. The number of carbonyl (C=O) groups is 1. The number of methoxy groups -OCH3 is 1. The third-order valence-electron chi connectivity index (χ3n) is 4.48. The highest BCUT2D eigenvalue weighted by molar-refractivity contribution is 6.29. The van der Waals surface area contributed by atoms with Crippen LogP contribution in [0.4, 0.5) is 20.6 Å². The first kappa shape index (κ1) is 19.1. The lowest BCUT2D eigenvalue weighted by Gasteiger charge is -2.17. The van der Waals surface area contributed by atoms with E-state index in [-0.39, 0.29) is 16.5 Å². The molecule has 1 atom stereocenters. The highest BCUT2D eigenvalue weighted by atomic mass is 35.5. The minimum atomic E-state index is -0.578. The van der Waals surface area contributed by atoms with E-state index >= 15 is 0 Å². The summed E-state index contributed by atoms with van der Waals surface area (Å²) >= 11 is 5.98. The second-order valence-electron chi connectivity index (χ2n) is 6.42. The van der Waals surface area contributed by atoms with Crippen molar-refractivity contribution in [2.45, 2.75) is 20.0 Å². The van der Waals surface area contributed by atoms with Crippen molar-refractivity contribution < 1.29 is 13.9 Å². The van der Waals surface area contributed by atoms with E-state index in [2.05, 4.69) is 25.7 Å². The number of hydrogen-bond acceptors (Lipinski definition) is 5. The van der Waals surface area contributed by atoms with Gasteiger partial charge in [-0.05, 0) is 13.8 Å². The summed E-state index contributed by atoms with van der Waals surface area (Å²) < 4.78 is 22.7. The number of nitrogens with zero attached hydrogens (tertiary/aromatic N) is 5. The van der Waals surface area contributed by atoms with Gasteiger partial charge >= 0.3 is 6.03 Å². The van der Waals surface area contributed by atoms with E-state index in [0.717, 1.165) is 5.69 Å². The van der Waals surface area contributed by atoms with Crippen LogP contribution in [0.5, 0.6) is 0 Å². The summed E-state index contributed by atoms with van der Waals surface area (Å²) in [7, 11) is 1.54. The number of pyridine rings is 1. The molecule has 4 rings (SSSR count). The van der Waals surface area contributed by atoms with E-state index in [9.17, 15) is 9.18 Å². The fourth-order valence-corrected chi connectivity index (χ4v) is 3.21. The van der Waals surface area contributed by atoms with Crippen LogP contribution in [-0.2, 0) is 4.74 Å². The minimum Gasteiger partial charge on any atom is -0.375 e. The van der Waals surface area contributed by atoms with Gasteiger partial charge in [0.1, 0.15) is 0 Å². The van der Waals surface area contributed by atoms with Gasteiger partial charge in [-0.3, -0.25) is 4.40 Å². The lowest BCUT2D eigenvalue weighted by Crippen LogP contribution is -2.22. The summed E-state index contributed by atoms with van der Waals surface area (Å²) in [4.78, 5) is 20.8. The summed E-state index contributed by atoms with van der Waals surface area (Å²) in [5, 5.41) is 9.78. The predicted molar refractivity (Wildman–Crippen MR) is 106 cm³/mol. The molecule has 0 aliphatic heterocycles. The Labute approximate surface area is 169 Å². The number of rotatable bonds is 4. The third-order valence-corrected chi connectivity index (χ3v) is 4.67. The lowest BCUT2D eigenvalue weighted by atomic mass is 10.2. The van der Waals surface area contributed by atoms with Gasteiger partial charge in [-0.1, -0.05) is 11.6 Å². The molecule has 0 aromatic carbocycles. The van der Waals surface area contributed by atoms with Crippen molar-refractivity contribution in [1.82, 2.24) is 24.0 Å². The molecular weight excluding hydrogens is 401 g/mol. The number of halogens is 2. The van der Waals surface area contributed by atoms with E-state index in [1.165, 1.54) is 23.9 Å². The standard InChI is InChI=1S/C18H17ClFN7O2/c1-9-6-22-17-12(20)4-11(8-26(9)17)23-18(28)24-13-7-21-15-5-14(19)25-27(15)16(13)10(2)29-3/h4-8,10H,1-3H3,(H2,23,24,28)/t10-/m0/s1. The quantitative estimate of drug-likeness (QED) is 0.526. The molecule has 2 N–H and O–H groups in total. The van der Waals surface area contributed by atoms with Crippen molar-refractivity contribution in [3.05, 3.63) is 53.1 Å². The Hall–Kier alpha value is -3.24. The van der Waals surface area contributed by atoms with Crippen molar-refractivity contribution in [1.29, 1.82) is 0 Å². The summed E-state index contributed by atoms with van der Waals surface area (Å²) in [6.45, 7) is 3.59. The molecule has 4 aromatic rings. The van der Waals surface area contributed by atoms with Gasteiger partial charge in [0.2, 0.25) is 0 Å². The number of ether oxygens (including phenoxy) is 1. The van der Waals surface area contributed by atoms with E-state index in [1.54, 1.807) is 36.7 Å². The average molecular weight is 418 g/mol. The molecule has 11 heteroatoms. The number of carbonyl (C=O) groups excluding carboxylic acids is 1. The number of nitrogens with one attached hydrogen (secondary N) is 2. The fourth-order valence-electron chi connectivity index (χ4n) is 3.04. The Morgan fingerprint density at radius 2 is 2.07 bits per heavy atom. The van der Waals surface area contributed by atoms with Crippen molar-refractivity contribution in [2.75, 3.05) is 17.7 Å². The molecule has 2 amide bonds. The zero-order valence-corrected chi connectivity index (χ0v) is 16.5. The van der Waals surface area contributed by atoms with E-state index in [0.29, 0.717) is 17.0 Å². The average Bonchev–Trinajstić information content (AvgIpc) is 3.23. The smallest absolute Gasteiger partial charge is 0.323 e. The first-order valence-electron chi connectivity index (χ1n) is 8.65. The summed E-state index contributed by atoms with van der Waals surface area (Å²) in [5.74, 6) is -0.543. The van der Waals surface area contributed by atoms with E-state index < -0.39 is 18.0 Å². The van der Waals surface area contributed by atoms with Gasteiger partial charge < -0.3 is 15.4 Å². The van der Waals surface area contributed by atoms with Crippen molar-refractivity contribution in [2.24, 2.45) is 0 Å². The first-order chi connectivity index (χ1) is 13.9. The van der Waals surface area contributed by atoms with Crippen LogP contribution in [0, 0.1) is 12.7 Å². The molecule has 0 aliphatic carbocycles. The molecule has 0 spiro atoms. The zero-order valence-electron chi connectivity index (χ0n) is 15.8. The number of imidazole rings is 1. The maximum absolute atomic E-state index is 14.2. The number of anilines is 2. The minimum absolute atomic E-state index is 0.190. The normalized spacial score (nSPS) is 12.4. The van der Waals surface area contributed by atoms with Crippen LogP contribution in [0.15, 0.2) is 30.7 Å². The van der Waals surface area contributed by atoms with Crippen LogP contribution < -0.4 is 10.6 Å². The number of aryl methyl sites for hydroxylation is 1. The van der Waals surface area contributed by atoms with E-state index in [4.69, 9.17) is 16.3 Å². The molecule has 29 heavy (non-hydrogen) atoms. The number of amides is 2. The van der Waals surface area contributed by atoms with Gasteiger partial charge in [-0.15, -0.1) is 0 Å². The van der Waals surface area contributed by atoms with Crippen LogP contribution in [0.25, 0.3) is 11.3 Å². The monoisotopic (exact) mass is 417 g/mol. The highest BCUT2D eigenvalue weighted by Crippen LogP contribution is 2.26. The second-order valence-corrected chi connectivity index (χ2v) is 6.81. The van der Waals surface area contributed by atoms with Crippen molar-refractivity contribution in [3.63, 3.8) is 0 Å². The fraction of sp³-hybridized carbons (Fsp3) is 0.222. The van der Waals surface area contributed by atoms with Crippen LogP contribution in [-0.4, -0.2) is 37.1 Å². The molecule has 4 heterocycles. The summed E-state index contributed by atoms with van der Waals surface area (Å²) in [6, 6.07) is 2.22. The van der Waals surface area contributed by atoms with Crippen LogP contribution >= 0.6 is 11.6 Å². The largest absolute Gasteiger partial charge is 0.375 e. The molecule has 0 fully saturated rings. The summed E-state index contributed by atoms with van der Waals surface area (Å²) in [5.41, 5.74) is 2.66. The SMILES string of the molecule is CO[C@@H](C)c1c(NC(=O)Nc2cc(F)c3ncc(C)n3c2)cnc2cc(Cl)nn12. The number of aromatic nitrogens is 5. The molecule has 0 saturated carbocycles. The van der Waals surface area contributed by atoms with Gasteiger partial charge in [0, 0.05) is 37.3 Å². The van der Waals surface area contributed by atoms with Gasteiger partial charge in [0.05, 0.1) is 29.4 Å². The van der Waals surface area contributed by atoms with Gasteiger partial charge in [-0.25, -0.2) is 23.7 Å². The maximum Gasteiger partial charge on any atom is 0.323 e. The molecule has 0 radical (unpaired) electrons. The Kier molecular flexibility index (Phi) is 4.81. The third kappa shape index (κ3) is 3.47. The lowest BCUT2D eigenvalue weighted by molar-refractivity contribution is 0.114. The maximum atomic E-state index is 14.2. The van der Waals surface area contributed by atoms with Crippen molar-refractivity contribution in [3.8, 4) is 0 Å². The molecule has 0 unspecified atom stereocenters. The second kappa shape index (κ2) is 7.30. The van der Waals surface area contributed by atoms with Crippen LogP contribution in [0.1, 0.15) is 24.4 Å². The number of fused-ring (bicyclic) bond motifs is 2. The van der Waals surface area contributed by atoms with Gasteiger partial charge in [0.15, 0.2) is 22.3 Å². The number of urea groups is 1. The molecule has 4 aromatic heterocycles. The Balaban J connectivity index is 1.65. The van der Waals surface area contributed by atoms with Crippen LogP contribution in [0.3, 0.4) is 0 Å². The Morgan fingerprint density at radius 3 is 2.83 bits per heavy atom. The predicted octanol–water partition coefficient (Wildman–Crippen LogP) is 3.83. The molecular formula is C18H17ClFN7O2. The van der Waals surface area contributed by atoms with Gasteiger partial charge in [-0.2, -0.15) is 5.10 Å². The molecule has 9 nitrogen and oxygen atoms in total. The van der Waals surface area contributed by atoms with Crippen molar-refractivity contribution >= 4 is 40.3 Å². The topological polar surface area (TPSA) is 97.8 Å². The summed E-state index contributed by atoms with van der Waals surface area (Å²) in [6.07, 6.45) is 4.22. The first-order valence-corrected chi connectivity index (χ1v) is 9.03. The Bertz CT molecular complexity index is 1240. The highest BCUT2D eigenvalue weighted by Gasteiger charge is 2.19. The van der Waals surface area contributed by atoms with E-state index in [1.807, 2.05) is 0 Å². The zero-order chi connectivity index (χ0) is 20.7. The molecule has 0 aliphatic rings. The molecule has 0 bridgehead atoms. The van der Waals surface area contributed by atoms with Crippen LogP contribution in [0.2, 0.25) is 5.15 Å². The van der Waals surface area contributed by atoms with Gasteiger partial charge in [0.25, 0.3) is 0 Å².